The van der Waals surface area contributed by atoms with Gasteiger partial charge in [-0.15, -0.1) is 11.3 Å². The molecule has 30 heavy (non-hydrogen) atoms. The standard InChI is InChI=1S/C23H22N4O2S/c1-15-19(22(28)25-12-18-3-2-10-29-18)11-21(27(15)13-16-4-5-16)20-14-30-23(26-20)17-6-8-24-9-7-17/h2-3,6-11,14,16H,4-5,12-13H2,1H3,(H,25,28). The minimum Gasteiger partial charge on any atom is -0.467 e. The molecule has 1 fully saturated rings. The largest absolute Gasteiger partial charge is 0.467 e. The van der Waals surface area contributed by atoms with Gasteiger partial charge in [-0.1, -0.05) is 0 Å². The summed E-state index contributed by atoms with van der Waals surface area (Å²) in [6, 6.07) is 9.57. The summed E-state index contributed by atoms with van der Waals surface area (Å²) >= 11 is 1.61. The quantitative estimate of drug-likeness (QED) is 0.463. The smallest absolute Gasteiger partial charge is 0.253 e. The van der Waals surface area contributed by atoms with Gasteiger partial charge in [0, 0.05) is 35.6 Å². The van der Waals surface area contributed by atoms with Crippen molar-refractivity contribution in [2.24, 2.45) is 5.92 Å². The van der Waals surface area contributed by atoms with Crippen LogP contribution in [0, 0.1) is 12.8 Å². The van der Waals surface area contributed by atoms with E-state index in [2.05, 4.69) is 20.2 Å². The Balaban J connectivity index is 1.46. The molecule has 5 rings (SSSR count). The predicted molar refractivity (Wildman–Crippen MR) is 116 cm³/mol. The average Bonchev–Trinajstić information content (AvgIpc) is 3.14. The van der Waals surface area contributed by atoms with E-state index in [-0.39, 0.29) is 5.91 Å². The maximum absolute atomic E-state index is 12.9. The summed E-state index contributed by atoms with van der Waals surface area (Å²) in [4.78, 5) is 21.8. The molecule has 0 spiro atoms. The Morgan fingerprint density at radius 3 is 2.87 bits per heavy atom. The molecule has 0 atom stereocenters. The van der Waals surface area contributed by atoms with E-state index < -0.39 is 0 Å². The maximum atomic E-state index is 12.9. The molecule has 0 bridgehead atoms. The minimum absolute atomic E-state index is 0.0933. The molecule has 0 aromatic carbocycles. The van der Waals surface area contributed by atoms with Crippen LogP contribution < -0.4 is 5.32 Å². The number of furan rings is 1. The molecule has 1 N–H and O–H groups in total. The monoisotopic (exact) mass is 418 g/mol. The Morgan fingerprint density at radius 2 is 2.13 bits per heavy atom. The van der Waals surface area contributed by atoms with Crippen molar-refractivity contribution in [3.63, 3.8) is 0 Å². The number of nitrogens with one attached hydrogen (secondary N) is 1. The number of nitrogens with zero attached hydrogens (tertiary/aromatic N) is 3. The lowest BCUT2D eigenvalue weighted by Gasteiger charge is -2.10. The Hall–Kier alpha value is -3.19. The summed E-state index contributed by atoms with van der Waals surface area (Å²) in [7, 11) is 0. The van der Waals surface area contributed by atoms with Gasteiger partial charge in [-0.05, 0) is 56.0 Å². The zero-order valence-electron chi connectivity index (χ0n) is 16.7. The molecule has 4 aromatic heterocycles. The van der Waals surface area contributed by atoms with Crippen molar-refractivity contribution in [3.8, 4) is 22.0 Å². The number of carbonyl (C=O) groups excluding carboxylic acids is 1. The number of rotatable bonds is 7. The van der Waals surface area contributed by atoms with Gasteiger partial charge >= 0.3 is 0 Å². The summed E-state index contributed by atoms with van der Waals surface area (Å²) in [5.74, 6) is 1.33. The molecule has 152 valence electrons. The zero-order valence-corrected chi connectivity index (χ0v) is 17.5. The average molecular weight is 419 g/mol. The highest BCUT2D eigenvalue weighted by molar-refractivity contribution is 7.13. The van der Waals surface area contributed by atoms with Crippen LogP contribution in [0.15, 0.2) is 58.8 Å². The molecule has 0 unspecified atom stereocenters. The molecule has 6 nitrogen and oxygen atoms in total. The van der Waals surface area contributed by atoms with Gasteiger partial charge in [-0.25, -0.2) is 4.98 Å². The van der Waals surface area contributed by atoms with Crippen molar-refractivity contribution in [3.05, 3.63) is 71.4 Å². The highest BCUT2D eigenvalue weighted by Crippen LogP contribution is 2.36. The number of aromatic nitrogens is 3. The lowest BCUT2D eigenvalue weighted by Crippen LogP contribution is -2.23. The van der Waals surface area contributed by atoms with Gasteiger partial charge < -0.3 is 14.3 Å². The Morgan fingerprint density at radius 1 is 1.30 bits per heavy atom. The van der Waals surface area contributed by atoms with Crippen molar-refractivity contribution in [2.75, 3.05) is 0 Å². The third kappa shape index (κ3) is 3.80. The van der Waals surface area contributed by atoms with E-state index in [1.807, 2.05) is 37.3 Å². The number of amides is 1. The highest BCUT2D eigenvalue weighted by Gasteiger charge is 2.27. The lowest BCUT2D eigenvalue weighted by atomic mass is 10.2. The first kappa shape index (κ1) is 18.8. The maximum Gasteiger partial charge on any atom is 0.253 e. The van der Waals surface area contributed by atoms with Crippen LogP contribution >= 0.6 is 11.3 Å². The minimum atomic E-state index is -0.0933. The Labute approximate surface area is 178 Å². The lowest BCUT2D eigenvalue weighted by molar-refractivity contribution is 0.0947. The number of hydrogen-bond acceptors (Lipinski definition) is 5. The number of carbonyl (C=O) groups is 1. The second-order valence-corrected chi connectivity index (χ2v) is 8.48. The molecule has 0 aliphatic heterocycles. The van der Waals surface area contributed by atoms with Crippen LogP contribution in [0.5, 0.6) is 0 Å². The van der Waals surface area contributed by atoms with E-state index in [1.54, 1.807) is 30.0 Å². The van der Waals surface area contributed by atoms with Gasteiger partial charge in [-0.3, -0.25) is 9.78 Å². The van der Waals surface area contributed by atoms with E-state index >= 15 is 0 Å². The van der Waals surface area contributed by atoms with Crippen LogP contribution in [0.25, 0.3) is 22.0 Å². The van der Waals surface area contributed by atoms with Gasteiger partial charge in [0.05, 0.1) is 29.8 Å². The van der Waals surface area contributed by atoms with E-state index in [4.69, 9.17) is 9.40 Å². The summed E-state index contributed by atoms with van der Waals surface area (Å²) in [6.45, 7) is 3.32. The molecule has 1 aliphatic carbocycles. The third-order valence-electron chi connectivity index (χ3n) is 5.45. The van der Waals surface area contributed by atoms with E-state index in [0.29, 0.717) is 18.0 Å². The molecule has 7 heteroatoms. The van der Waals surface area contributed by atoms with E-state index in [9.17, 15) is 4.79 Å². The molecule has 1 amide bonds. The first-order valence-electron chi connectivity index (χ1n) is 10.1. The molecule has 1 saturated carbocycles. The first-order valence-corrected chi connectivity index (χ1v) is 10.9. The van der Waals surface area contributed by atoms with Crippen LogP contribution in [-0.2, 0) is 13.1 Å². The number of thiazole rings is 1. The first-order chi connectivity index (χ1) is 14.7. The van der Waals surface area contributed by atoms with Crippen LogP contribution in [-0.4, -0.2) is 20.4 Å². The summed E-state index contributed by atoms with van der Waals surface area (Å²) in [6.07, 6.45) is 7.65. The van der Waals surface area contributed by atoms with Crippen molar-refractivity contribution >= 4 is 17.2 Å². The fourth-order valence-corrected chi connectivity index (χ4v) is 4.40. The van der Waals surface area contributed by atoms with Gasteiger partial charge in [-0.2, -0.15) is 0 Å². The van der Waals surface area contributed by atoms with Crippen molar-refractivity contribution in [1.29, 1.82) is 0 Å². The summed E-state index contributed by atoms with van der Waals surface area (Å²) in [5.41, 5.74) is 4.62. The van der Waals surface area contributed by atoms with Crippen molar-refractivity contribution < 1.29 is 9.21 Å². The Kier molecular flexibility index (Phi) is 4.96. The van der Waals surface area contributed by atoms with E-state index in [0.717, 1.165) is 40.0 Å². The van der Waals surface area contributed by atoms with E-state index in [1.165, 1.54) is 12.8 Å². The topological polar surface area (TPSA) is 73.0 Å². The van der Waals surface area contributed by atoms with Crippen LogP contribution in [0.3, 0.4) is 0 Å². The van der Waals surface area contributed by atoms with Crippen LogP contribution in [0.2, 0.25) is 0 Å². The highest BCUT2D eigenvalue weighted by atomic mass is 32.1. The van der Waals surface area contributed by atoms with Gasteiger partial charge in [0.15, 0.2) is 0 Å². The summed E-state index contributed by atoms with van der Waals surface area (Å²) < 4.78 is 7.58. The fourth-order valence-electron chi connectivity index (χ4n) is 3.58. The second-order valence-electron chi connectivity index (χ2n) is 7.62. The van der Waals surface area contributed by atoms with Crippen LogP contribution in [0.1, 0.15) is 34.7 Å². The van der Waals surface area contributed by atoms with Gasteiger partial charge in [0.1, 0.15) is 10.8 Å². The fraction of sp³-hybridized carbons (Fsp3) is 0.261. The zero-order chi connectivity index (χ0) is 20.5. The number of hydrogen-bond donors (Lipinski definition) is 1. The molecule has 4 aromatic rings. The normalized spacial score (nSPS) is 13.5. The van der Waals surface area contributed by atoms with Crippen molar-refractivity contribution in [2.45, 2.75) is 32.9 Å². The molecule has 4 heterocycles. The Bertz CT molecular complexity index is 1160. The molecule has 1 aliphatic rings. The predicted octanol–water partition coefficient (Wildman–Crippen LogP) is 4.92. The SMILES string of the molecule is Cc1c(C(=O)NCc2ccco2)cc(-c2csc(-c3ccncc3)n2)n1CC1CC1. The van der Waals surface area contributed by atoms with Gasteiger partial charge in [0.2, 0.25) is 0 Å². The van der Waals surface area contributed by atoms with Crippen LogP contribution in [0.4, 0.5) is 0 Å². The van der Waals surface area contributed by atoms with Gasteiger partial charge in [0.25, 0.3) is 5.91 Å². The third-order valence-corrected chi connectivity index (χ3v) is 6.34. The molecule has 0 radical (unpaired) electrons. The summed E-state index contributed by atoms with van der Waals surface area (Å²) in [5, 5.41) is 5.98. The molecular weight excluding hydrogens is 396 g/mol. The molecular formula is C23H22N4O2S. The van der Waals surface area contributed by atoms with Crippen molar-refractivity contribution in [1.82, 2.24) is 19.9 Å². The number of pyridine rings is 1. The molecule has 0 saturated heterocycles. The second kappa shape index (κ2) is 7.91.